The number of nitrogens with two attached hydrogens (primary N) is 1. The van der Waals surface area contributed by atoms with Gasteiger partial charge in [0.25, 0.3) is 0 Å². The summed E-state index contributed by atoms with van der Waals surface area (Å²) in [5.74, 6) is -1.35. The third kappa shape index (κ3) is 2.09. The molecule has 1 aromatic rings. The first-order valence-electron chi connectivity index (χ1n) is 5.88. The second-order valence-electron chi connectivity index (χ2n) is 4.48. The molecule has 0 aromatic heterocycles. The standard InChI is InChI=1S/C13H15ClN2O3/c1-19-12(18)13(7-15)10(6-16-11(13)17)8-2-4-9(14)5-3-8/h2-5,10H,6-7,15H2,1H3,(H,16,17)/t10-,13+/m0/s1. The Balaban J connectivity index is 2.46. The smallest absolute Gasteiger partial charge is 0.323 e. The largest absolute Gasteiger partial charge is 0.468 e. The van der Waals surface area contributed by atoms with Gasteiger partial charge in [0.1, 0.15) is 0 Å². The number of hydrogen-bond acceptors (Lipinski definition) is 4. The number of nitrogens with one attached hydrogen (secondary N) is 1. The quantitative estimate of drug-likeness (QED) is 0.631. The number of amides is 1. The molecule has 102 valence electrons. The van der Waals surface area contributed by atoms with Crippen molar-refractivity contribution in [2.45, 2.75) is 5.92 Å². The van der Waals surface area contributed by atoms with Crippen molar-refractivity contribution in [1.82, 2.24) is 5.32 Å². The summed E-state index contributed by atoms with van der Waals surface area (Å²) < 4.78 is 4.77. The minimum Gasteiger partial charge on any atom is -0.468 e. The van der Waals surface area contributed by atoms with E-state index >= 15 is 0 Å². The van der Waals surface area contributed by atoms with Crippen molar-refractivity contribution >= 4 is 23.5 Å². The van der Waals surface area contributed by atoms with E-state index in [1.165, 1.54) is 7.11 Å². The molecule has 1 amide bonds. The van der Waals surface area contributed by atoms with E-state index in [0.717, 1.165) is 5.56 Å². The van der Waals surface area contributed by atoms with E-state index < -0.39 is 11.4 Å². The summed E-state index contributed by atoms with van der Waals surface area (Å²) in [6.45, 7) is 0.256. The first-order chi connectivity index (χ1) is 9.06. The topological polar surface area (TPSA) is 81.4 Å². The molecule has 3 N–H and O–H groups in total. The first kappa shape index (κ1) is 13.8. The van der Waals surface area contributed by atoms with Gasteiger partial charge < -0.3 is 15.8 Å². The van der Waals surface area contributed by atoms with Gasteiger partial charge in [-0.05, 0) is 17.7 Å². The number of ether oxygens (including phenoxy) is 1. The number of carbonyl (C=O) groups is 2. The number of benzene rings is 1. The van der Waals surface area contributed by atoms with E-state index in [4.69, 9.17) is 22.1 Å². The van der Waals surface area contributed by atoms with Crippen LogP contribution in [0.2, 0.25) is 5.02 Å². The number of esters is 1. The molecule has 1 aliphatic heterocycles. The highest BCUT2D eigenvalue weighted by Gasteiger charge is 2.56. The lowest BCUT2D eigenvalue weighted by atomic mass is 9.74. The fourth-order valence-electron chi connectivity index (χ4n) is 2.52. The zero-order chi connectivity index (χ0) is 14.0. The minimum absolute atomic E-state index is 0.0984. The van der Waals surface area contributed by atoms with Crippen molar-refractivity contribution in [2.24, 2.45) is 11.1 Å². The van der Waals surface area contributed by atoms with E-state index in [1.54, 1.807) is 24.3 Å². The summed E-state index contributed by atoms with van der Waals surface area (Å²) in [6.07, 6.45) is 0. The fraction of sp³-hybridized carbons (Fsp3) is 0.385. The van der Waals surface area contributed by atoms with Crippen LogP contribution in [0.3, 0.4) is 0 Å². The van der Waals surface area contributed by atoms with Crippen LogP contribution in [0.4, 0.5) is 0 Å². The zero-order valence-electron chi connectivity index (χ0n) is 10.5. The molecule has 1 heterocycles. The van der Waals surface area contributed by atoms with Gasteiger partial charge in [0.15, 0.2) is 5.41 Å². The van der Waals surface area contributed by atoms with E-state index in [1.807, 2.05) is 0 Å². The second-order valence-corrected chi connectivity index (χ2v) is 4.92. The molecule has 19 heavy (non-hydrogen) atoms. The Morgan fingerprint density at radius 1 is 1.53 bits per heavy atom. The predicted molar refractivity (Wildman–Crippen MR) is 70.7 cm³/mol. The van der Waals surface area contributed by atoms with E-state index in [-0.39, 0.29) is 18.4 Å². The molecule has 6 heteroatoms. The maximum Gasteiger partial charge on any atom is 0.323 e. The molecule has 1 fully saturated rings. The summed E-state index contributed by atoms with van der Waals surface area (Å²) in [5, 5.41) is 3.28. The van der Waals surface area contributed by atoms with Crippen LogP contribution in [-0.4, -0.2) is 32.1 Å². The van der Waals surface area contributed by atoms with Crippen molar-refractivity contribution in [1.29, 1.82) is 0 Å². The number of carbonyl (C=O) groups excluding carboxylic acids is 2. The van der Waals surface area contributed by atoms with Crippen LogP contribution in [0.15, 0.2) is 24.3 Å². The zero-order valence-corrected chi connectivity index (χ0v) is 11.2. The van der Waals surface area contributed by atoms with Gasteiger partial charge in [-0.2, -0.15) is 0 Å². The normalized spacial score (nSPS) is 26.1. The molecule has 1 saturated heterocycles. The molecule has 0 aliphatic carbocycles. The van der Waals surface area contributed by atoms with E-state index in [2.05, 4.69) is 5.32 Å². The lowest BCUT2D eigenvalue weighted by Crippen LogP contribution is -2.48. The third-order valence-corrected chi connectivity index (χ3v) is 3.86. The van der Waals surface area contributed by atoms with Crippen molar-refractivity contribution in [2.75, 3.05) is 20.2 Å². The van der Waals surface area contributed by atoms with Crippen molar-refractivity contribution in [3.8, 4) is 0 Å². The van der Waals surface area contributed by atoms with Crippen LogP contribution in [0, 0.1) is 5.41 Å². The van der Waals surface area contributed by atoms with Gasteiger partial charge in [0, 0.05) is 24.0 Å². The number of halogens is 1. The van der Waals surface area contributed by atoms with E-state index in [0.29, 0.717) is 11.6 Å². The van der Waals surface area contributed by atoms with Gasteiger partial charge in [0.05, 0.1) is 7.11 Å². The molecule has 0 saturated carbocycles. The van der Waals surface area contributed by atoms with Gasteiger partial charge in [-0.15, -0.1) is 0 Å². The van der Waals surface area contributed by atoms with Crippen LogP contribution in [0.1, 0.15) is 11.5 Å². The van der Waals surface area contributed by atoms with Gasteiger partial charge in [-0.1, -0.05) is 23.7 Å². The van der Waals surface area contributed by atoms with Gasteiger partial charge >= 0.3 is 5.97 Å². The maximum absolute atomic E-state index is 12.1. The van der Waals surface area contributed by atoms with Crippen LogP contribution in [0.5, 0.6) is 0 Å². The Morgan fingerprint density at radius 3 is 2.68 bits per heavy atom. The van der Waals surface area contributed by atoms with Crippen LogP contribution in [0.25, 0.3) is 0 Å². The summed E-state index contributed by atoms with van der Waals surface area (Å²) in [6, 6.07) is 7.03. The molecule has 1 aromatic carbocycles. The summed E-state index contributed by atoms with van der Waals surface area (Å²) >= 11 is 5.84. The van der Waals surface area contributed by atoms with Crippen molar-refractivity contribution < 1.29 is 14.3 Å². The van der Waals surface area contributed by atoms with E-state index in [9.17, 15) is 9.59 Å². The molecule has 0 unspecified atom stereocenters. The average molecular weight is 283 g/mol. The second kappa shape index (κ2) is 5.19. The van der Waals surface area contributed by atoms with Crippen molar-refractivity contribution in [3.05, 3.63) is 34.9 Å². The number of methoxy groups -OCH3 is 1. The lowest BCUT2D eigenvalue weighted by molar-refractivity contribution is -0.157. The molecule has 1 aliphatic rings. The fourth-order valence-corrected chi connectivity index (χ4v) is 2.64. The monoisotopic (exact) mass is 282 g/mol. The lowest BCUT2D eigenvalue weighted by Gasteiger charge is -2.28. The third-order valence-electron chi connectivity index (χ3n) is 3.61. The Hall–Kier alpha value is -1.59. The molecular formula is C13H15ClN2O3. The average Bonchev–Trinajstić information content (AvgIpc) is 2.76. The van der Waals surface area contributed by atoms with Gasteiger partial charge in [-0.3, -0.25) is 9.59 Å². The maximum atomic E-state index is 12.1. The highest BCUT2D eigenvalue weighted by atomic mass is 35.5. The molecule has 2 rings (SSSR count). The molecule has 2 atom stereocenters. The summed E-state index contributed by atoms with van der Waals surface area (Å²) in [7, 11) is 1.25. The molecule has 0 radical (unpaired) electrons. The number of rotatable bonds is 3. The predicted octanol–water partition coefficient (Wildman–Crippen LogP) is 0.672. The van der Waals surface area contributed by atoms with Crippen LogP contribution in [-0.2, 0) is 14.3 Å². The van der Waals surface area contributed by atoms with Gasteiger partial charge in [0.2, 0.25) is 5.91 Å². The number of hydrogen-bond donors (Lipinski definition) is 2. The highest BCUT2D eigenvalue weighted by Crippen LogP contribution is 2.40. The Kier molecular flexibility index (Phi) is 3.78. The Morgan fingerprint density at radius 2 is 2.16 bits per heavy atom. The SMILES string of the molecule is COC(=O)[C@@]1(CN)C(=O)NC[C@H]1c1ccc(Cl)cc1. The summed E-state index contributed by atoms with van der Waals surface area (Å²) in [4.78, 5) is 24.1. The highest BCUT2D eigenvalue weighted by molar-refractivity contribution is 6.30. The summed E-state index contributed by atoms with van der Waals surface area (Å²) in [5.41, 5.74) is 5.18. The molecule has 0 bridgehead atoms. The molecular weight excluding hydrogens is 268 g/mol. The van der Waals surface area contributed by atoms with Crippen LogP contribution >= 0.6 is 11.6 Å². The molecule has 0 spiro atoms. The van der Waals surface area contributed by atoms with Crippen molar-refractivity contribution in [3.63, 3.8) is 0 Å². The first-order valence-corrected chi connectivity index (χ1v) is 6.26. The van der Waals surface area contributed by atoms with Crippen LogP contribution < -0.4 is 11.1 Å². The Bertz CT molecular complexity index is 503. The Labute approximate surface area is 116 Å². The van der Waals surface area contributed by atoms with Gasteiger partial charge in [-0.25, -0.2) is 0 Å². The minimum atomic E-state index is -1.36. The molecule has 5 nitrogen and oxygen atoms in total.